The average molecular weight is 209 g/mol. The van der Waals surface area contributed by atoms with E-state index in [4.69, 9.17) is 0 Å². The van der Waals surface area contributed by atoms with E-state index in [1.807, 2.05) is 0 Å². The van der Waals surface area contributed by atoms with Crippen molar-refractivity contribution in [1.82, 2.24) is 0 Å². The predicted molar refractivity (Wildman–Crippen MR) is 67.2 cm³/mol. The molecule has 0 radical (unpaired) electrons. The fourth-order valence-corrected chi connectivity index (χ4v) is 2.09. The summed E-state index contributed by atoms with van der Waals surface area (Å²) in [6.45, 7) is 6.88. The van der Waals surface area contributed by atoms with E-state index in [2.05, 4.69) is 57.5 Å². The molecule has 0 heterocycles. The Hall–Kier alpha value is -0.430. The number of hydrogen-bond acceptors (Lipinski definition) is 0. The summed E-state index contributed by atoms with van der Waals surface area (Å²) >= 11 is 0. The molecule has 0 aliphatic carbocycles. The van der Waals surface area contributed by atoms with Crippen LogP contribution in [0.25, 0.3) is 0 Å². The Morgan fingerprint density at radius 1 is 1.21 bits per heavy atom. The highest BCUT2D eigenvalue weighted by molar-refractivity contribution is 7.95. The standard InChI is InChI=1S/C13H21S/c1-6-13(2,3)11-8-7-9-12(10-11)14(4)5/h7-10H,6H2,1-5H3/q+1. The summed E-state index contributed by atoms with van der Waals surface area (Å²) in [7, 11) is 0.374. The summed E-state index contributed by atoms with van der Waals surface area (Å²) < 4.78 is 0. The fourth-order valence-electron chi connectivity index (χ4n) is 1.38. The lowest BCUT2D eigenvalue weighted by Crippen LogP contribution is -2.15. The Morgan fingerprint density at radius 2 is 1.86 bits per heavy atom. The van der Waals surface area contributed by atoms with E-state index in [0.717, 1.165) is 0 Å². The molecule has 1 heteroatoms. The highest BCUT2D eigenvalue weighted by atomic mass is 32.2. The van der Waals surface area contributed by atoms with Crippen molar-refractivity contribution >= 4 is 10.9 Å². The molecule has 0 aliphatic heterocycles. The molecule has 0 N–H and O–H groups in total. The van der Waals surface area contributed by atoms with Crippen LogP contribution in [0, 0.1) is 0 Å². The molecule has 0 saturated heterocycles. The Balaban J connectivity index is 3.05. The normalized spacial score (nSPS) is 12.1. The largest absolute Gasteiger partial charge is 0.154 e. The van der Waals surface area contributed by atoms with Gasteiger partial charge in [0.25, 0.3) is 0 Å². The van der Waals surface area contributed by atoms with Gasteiger partial charge in [-0.3, -0.25) is 0 Å². The van der Waals surface area contributed by atoms with E-state index in [9.17, 15) is 0 Å². The van der Waals surface area contributed by atoms with Crippen LogP contribution in [0.5, 0.6) is 0 Å². The zero-order valence-corrected chi connectivity index (χ0v) is 10.7. The van der Waals surface area contributed by atoms with Crippen molar-refractivity contribution in [3.63, 3.8) is 0 Å². The van der Waals surface area contributed by atoms with Crippen LogP contribution in [0.4, 0.5) is 0 Å². The summed E-state index contributed by atoms with van der Waals surface area (Å²) in [6.07, 6.45) is 5.74. The molecular formula is C13H21S+. The predicted octanol–water partition coefficient (Wildman–Crippen LogP) is 3.61. The second-order valence-corrected chi connectivity index (χ2v) is 6.69. The summed E-state index contributed by atoms with van der Waals surface area (Å²) in [5.74, 6) is 0. The lowest BCUT2D eigenvalue weighted by molar-refractivity contribution is 0.505. The third-order valence-corrected chi connectivity index (χ3v) is 4.17. The SMILES string of the molecule is CCC(C)(C)c1cccc([S+](C)C)c1. The maximum absolute atomic E-state index is 2.37. The first kappa shape index (κ1) is 11.6. The van der Waals surface area contributed by atoms with Crippen LogP contribution in [0.15, 0.2) is 29.2 Å². The van der Waals surface area contributed by atoms with E-state index in [-0.39, 0.29) is 0 Å². The van der Waals surface area contributed by atoms with Gasteiger partial charge in [-0.05, 0) is 29.5 Å². The van der Waals surface area contributed by atoms with Crippen molar-refractivity contribution in [3.05, 3.63) is 29.8 Å². The summed E-state index contributed by atoms with van der Waals surface area (Å²) in [5, 5.41) is 0. The molecule has 0 aliphatic rings. The first-order chi connectivity index (χ1) is 6.47. The van der Waals surface area contributed by atoms with Gasteiger partial charge in [0.1, 0.15) is 12.5 Å². The first-order valence-electron chi connectivity index (χ1n) is 5.15. The van der Waals surface area contributed by atoms with Crippen molar-refractivity contribution in [2.75, 3.05) is 12.5 Å². The number of hydrogen-bond donors (Lipinski definition) is 0. The van der Waals surface area contributed by atoms with Gasteiger partial charge in [-0.1, -0.05) is 32.9 Å². The topological polar surface area (TPSA) is 0 Å². The van der Waals surface area contributed by atoms with E-state index < -0.39 is 0 Å². The molecule has 0 fully saturated rings. The van der Waals surface area contributed by atoms with Crippen LogP contribution in [0.2, 0.25) is 0 Å². The molecule has 0 atom stereocenters. The minimum atomic E-state index is 0.315. The smallest absolute Gasteiger partial charge is 0.0646 e. The van der Waals surface area contributed by atoms with Crippen LogP contribution < -0.4 is 0 Å². The van der Waals surface area contributed by atoms with Gasteiger partial charge in [0.05, 0.1) is 0 Å². The van der Waals surface area contributed by atoms with Gasteiger partial charge in [-0.2, -0.15) is 0 Å². The highest BCUT2D eigenvalue weighted by Gasteiger charge is 2.20. The van der Waals surface area contributed by atoms with Crippen molar-refractivity contribution in [3.8, 4) is 0 Å². The third kappa shape index (κ3) is 2.54. The number of rotatable bonds is 3. The molecule has 0 saturated carbocycles. The molecule has 0 aromatic heterocycles. The van der Waals surface area contributed by atoms with Gasteiger partial charge in [0, 0.05) is 10.9 Å². The summed E-state index contributed by atoms with van der Waals surface area (Å²) in [6, 6.07) is 9.04. The fraction of sp³-hybridized carbons (Fsp3) is 0.538. The minimum absolute atomic E-state index is 0.315. The Kier molecular flexibility index (Phi) is 3.65. The van der Waals surface area contributed by atoms with Crippen LogP contribution in [-0.4, -0.2) is 12.5 Å². The Labute approximate surface area is 91.1 Å². The molecule has 14 heavy (non-hydrogen) atoms. The molecular weight excluding hydrogens is 188 g/mol. The molecule has 78 valence electrons. The molecule has 1 rings (SSSR count). The van der Waals surface area contributed by atoms with Crippen LogP contribution in [-0.2, 0) is 16.3 Å². The number of benzene rings is 1. The Bertz CT molecular complexity index is 300. The molecule has 0 amide bonds. The molecule has 0 spiro atoms. The maximum Gasteiger partial charge on any atom is 0.154 e. The summed E-state index contributed by atoms with van der Waals surface area (Å²) in [5.41, 5.74) is 1.79. The molecule has 0 unspecified atom stereocenters. The Morgan fingerprint density at radius 3 is 2.36 bits per heavy atom. The van der Waals surface area contributed by atoms with E-state index >= 15 is 0 Å². The van der Waals surface area contributed by atoms with Gasteiger partial charge in [-0.25, -0.2) is 0 Å². The quantitative estimate of drug-likeness (QED) is 0.667. The second-order valence-electron chi connectivity index (χ2n) is 4.58. The van der Waals surface area contributed by atoms with Gasteiger partial charge >= 0.3 is 0 Å². The van der Waals surface area contributed by atoms with Crippen LogP contribution in [0.1, 0.15) is 32.8 Å². The van der Waals surface area contributed by atoms with Gasteiger partial charge in [0.2, 0.25) is 0 Å². The van der Waals surface area contributed by atoms with Gasteiger partial charge in [-0.15, -0.1) is 0 Å². The van der Waals surface area contributed by atoms with Crippen molar-refractivity contribution < 1.29 is 0 Å². The second kappa shape index (κ2) is 4.39. The highest BCUT2D eigenvalue weighted by Crippen LogP contribution is 2.28. The first-order valence-corrected chi connectivity index (χ1v) is 7.19. The summed E-state index contributed by atoms with van der Waals surface area (Å²) in [4.78, 5) is 1.48. The van der Waals surface area contributed by atoms with E-state index in [1.54, 1.807) is 0 Å². The van der Waals surface area contributed by atoms with Gasteiger partial charge in [0.15, 0.2) is 4.90 Å². The molecule has 0 bridgehead atoms. The average Bonchev–Trinajstić information content (AvgIpc) is 2.18. The van der Waals surface area contributed by atoms with Crippen molar-refractivity contribution in [2.24, 2.45) is 0 Å². The molecule has 1 aromatic rings. The van der Waals surface area contributed by atoms with Gasteiger partial charge < -0.3 is 0 Å². The van der Waals surface area contributed by atoms with Crippen molar-refractivity contribution in [2.45, 2.75) is 37.5 Å². The minimum Gasteiger partial charge on any atom is -0.0646 e. The molecule has 0 nitrogen and oxygen atoms in total. The van der Waals surface area contributed by atoms with Crippen LogP contribution in [0.3, 0.4) is 0 Å². The van der Waals surface area contributed by atoms with Crippen LogP contribution >= 0.6 is 0 Å². The maximum atomic E-state index is 2.37. The lowest BCUT2D eigenvalue weighted by Gasteiger charge is -2.23. The van der Waals surface area contributed by atoms with Crippen molar-refractivity contribution in [1.29, 1.82) is 0 Å². The van der Waals surface area contributed by atoms with E-state index in [1.165, 1.54) is 16.9 Å². The zero-order chi connectivity index (χ0) is 10.8. The monoisotopic (exact) mass is 209 g/mol. The third-order valence-electron chi connectivity index (χ3n) is 2.97. The molecule has 1 aromatic carbocycles. The lowest BCUT2D eigenvalue weighted by atomic mass is 9.82. The zero-order valence-electron chi connectivity index (χ0n) is 9.92. The van der Waals surface area contributed by atoms with E-state index in [0.29, 0.717) is 16.3 Å².